The normalized spacial score (nSPS) is 23.4. The van der Waals surface area contributed by atoms with E-state index in [9.17, 15) is 0 Å². The second-order valence-electron chi connectivity index (χ2n) is 7.00. The predicted octanol–water partition coefficient (Wildman–Crippen LogP) is 3.74. The van der Waals surface area contributed by atoms with Crippen molar-refractivity contribution < 1.29 is 0 Å². The van der Waals surface area contributed by atoms with E-state index < -0.39 is 0 Å². The molecule has 1 aromatic rings. The highest BCUT2D eigenvalue weighted by Gasteiger charge is 2.30. The highest BCUT2D eigenvalue weighted by atomic mass is 15.2. The van der Waals surface area contributed by atoms with E-state index in [1.54, 1.807) is 0 Å². The lowest BCUT2D eigenvalue weighted by Crippen LogP contribution is -2.38. The van der Waals surface area contributed by atoms with Gasteiger partial charge in [-0.1, -0.05) is 6.92 Å². The van der Waals surface area contributed by atoms with Crippen LogP contribution in [0.2, 0.25) is 0 Å². The molecule has 20 heavy (non-hydrogen) atoms. The topological polar surface area (TPSA) is 28.2 Å². The van der Waals surface area contributed by atoms with Crippen molar-refractivity contribution >= 4 is 5.69 Å². The molecule has 0 spiro atoms. The van der Waals surface area contributed by atoms with E-state index in [1.807, 2.05) is 12.4 Å². The highest BCUT2D eigenvalue weighted by molar-refractivity contribution is 5.54. The van der Waals surface area contributed by atoms with Crippen molar-refractivity contribution in [3.8, 4) is 0 Å². The smallest absolute Gasteiger partial charge is 0.0603 e. The fraction of sp³-hybridized carbons (Fsp3) is 0.706. The van der Waals surface area contributed by atoms with E-state index in [2.05, 4.69) is 55.9 Å². The minimum Gasteiger partial charge on any atom is -0.364 e. The van der Waals surface area contributed by atoms with Crippen LogP contribution in [0.5, 0.6) is 0 Å². The monoisotopic (exact) mass is 275 g/mol. The maximum Gasteiger partial charge on any atom is 0.0603 e. The van der Waals surface area contributed by atoms with E-state index >= 15 is 0 Å². The van der Waals surface area contributed by atoms with Crippen LogP contribution in [0.1, 0.15) is 59.4 Å². The van der Waals surface area contributed by atoms with Crippen LogP contribution in [0.3, 0.4) is 0 Å². The van der Waals surface area contributed by atoms with E-state index in [-0.39, 0.29) is 5.54 Å². The average Bonchev–Trinajstić information content (AvgIpc) is 2.77. The van der Waals surface area contributed by atoms with Crippen molar-refractivity contribution in [3.05, 3.63) is 24.0 Å². The van der Waals surface area contributed by atoms with Gasteiger partial charge in [-0.15, -0.1) is 0 Å². The number of pyridine rings is 1. The van der Waals surface area contributed by atoms with Gasteiger partial charge in [-0.25, -0.2) is 0 Å². The highest BCUT2D eigenvalue weighted by Crippen LogP contribution is 2.33. The third-order valence-corrected chi connectivity index (χ3v) is 4.23. The molecule has 0 radical (unpaired) electrons. The molecule has 2 heterocycles. The Morgan fingerprint density at radius 3 is 2.75 bits per heavy atom. The summed E-state index contributed by atoms with van der Waals surface area (Å²) in [6.07, 6.45) is 7.76. The van der Waals surface area contributed by atoms with Crippen molar-refractivity contribution in [1.82, 2.24) is 10.3 Å². The molecule has 0 saturated carbocycles. The molecule has 0 aromatic carbocycles. The van der Waals surface area contributed by atoms with Crippen LogP contribution in [0.15, 0.2) is 18.5 Å². The Bertz CT molecular complexity index is 436. The SMILES string of the molecule is CCC1CCC(C)N1c1cnccc1CNC(C)(C)C. The van der Waals surface area contributed by atoms with Crippen molar-refractivity contribution in [3.63, 3.8) is 0 Å². The lowest BCUT2D eigenvalue weighted by atomic mass is 10.1. The first-order valence-corrected chi connectivity index (χ1v) is 7.88. The van der Waals surface area contributed by atoms with Gasteiger partial charge in [0.25, 0.3) is 0 Å². The van der Waals surface area contributed by atoms with Crippen LogP contribution < -0.4 is 10.2 Å². The molecule has 112 valence electrons. The Morgan fingerprint density at radius 1 is 1.35 bits per heavy atom. The second-order valence-corrected chi connectivity index (χ2v) is 7.00. The lowest BCUT2D eigenvalue weighted by Gasteiger charge is -2.32. The zero-order valence-corrected chi connectivity index (χ0v) is 13.6. The fourth-order valence-electron chi connectivity index (χ4n) is 3.06. The second kappa shape index (κ2) is 6.13. The van der Waals surface area contributed by atoms with E-state index in [0.717, 1.165) is 6.54 Å². The molecule has 0 amide bonds. The lowest BCUT2D eigenvalue weighted by molar-refractivity contribution is 0.424. The quantitative estimate of drug-likeness (QED) is 0.907. The van der Waals surface area contributed by atoms with Crippen LogP contribution in [0, 0.1) is 0 Å². The van der Waals surface area contributed by atoms with Crippen LogP contribution in [0.25, 0.3) is 0 Å². The molecule has 3 heteroatoms. The number of rotatable bonds is 4. The number of anilines is 1. The molecular formula is C17H29N3. The molecule has 1 saturated heterocycles. The molecule has 1 aliphatic heterocycles. The predicted molar refractivity (Wildman–Crippen MR) is 86.1 cm³/mol. The fourth-order valence-corrected chi connectivity index (χ4v) is 3.06. The van der Waals surface area contributed by atoms with Gasteiger partial charge in [0, 0.05) is 30.4 Å². The van der Waals surface area contributed by atoms with Crippen LogP contribution >= 0.6 is 0 Å². The van der Waals surface area contributed by atoms with Gasteiger partial charge in [-0.3, -0.25) is 4.98 Å². The number of hydrogen-bond donors (Lipinski definition) is 1. The van der Waals surface area contributed by atoms with Gasteiger partial charge < -0.3 is 10.2 Å². The van der Waals surface area contributed by atoms with Gasteiger partial charge >= 0.3 is 0 Å². The standard InChI is InChI=1S/C17H29N3/c1-6-15-8-7-13(2)20(15)16-12-18-10-9-14(16)11-19-17(3,4)5/h9-10,12-13,15,19H,6-8,11H2,1-5H3. The summed E-state index contributed by atoms with van der Waals surface area (Å²) in [7, 11) is 0. The zero-order chi connectivity index (χ0) is 14.8. The molecule has 3 nitrogen and oxygen atoms in total. The number of hydrogen-bond acceptors (Lipinski definition) is 3. The first-order valence-electron chi connectivity index (χ1n) is 7.88. The molecule has 2 unspecified atom stereocenters. The summed E-state index contributed by atoms with van der Waals surface area (Å²) in [5.74, 6) is 0. The summed E-state index contributed by atoms with van der Waals surface area (Å²) < 4.78 is 0. The average molecular weight is 275 g/mol. The largest absolute Gasteiger partial charge is 0.364 e. The summed E-state index contributed by atoms with van der Waals surface area (Å²) in [6, 6.07) is 3.45. The Balaban J connectivity index is 2.23. The van der Waals surface area contributed by atoms with Crippen molar-refractivity contribution in [2.45, 2.75) is 78.0 Å². The summed E-state index contributed by atoms with van der Waals surface area (Å²) in [5, 5.41) is 3.60. The summed E-state index contributed by atoms with van der Waals surface area (Å²) in [5.41, 5.74) is 2.82. The molecule has 1 aliphatic rings. The maximum absolute atomic E-state index is 4.37. The van der Waals surface area contributed by atoms with Gasteiger partial charge in [0.1, 0.15) is 0 Å². The Hall–Kier alpha value is -1.09. The van der Waals surface area contributed by atoms with Gasteiger partial charge in [-0.2, -0.15) is 0 Å². The van der Waals surface area contributed by atoms with Gasteiger partial charge in [0.2, 0.25) is 0 Å². The molecular weight excluding hydrogens is 246 g/mol. The van der Waals surface area contributed by atoms with Gasteiger partial charge in [-0.05, 0) is 58.6 Å². The molecule has 1 N–H and O–H groups in total. The zero-order valence-electron chi connectivity index (χ0n) is 13.6. The third-order valence-electron chi connectivity index (χ3n) is 4.23. The Morgan fingerprint density at radius 2 is 2.10 bits per heavy atom. The summed E-state index contributed by atoms with van der Waals surface area (Å²) in [6.45, 7) is 12.2. The molecule has 0 aliphatic carbocycles. The first kappa shape index (κ1) is 15.3. The first-order chi connectivity index (χ1) is 9.42. The number of nitrogens with one attached hydrogen (secondary N) is 1. The maximum atomic E-state index is 4.37. The van der Waals surface area contributed by atoms with Crippen molar-refractivity contribution in [2.24, 2.45) is 0 Å². The van der Waals surface area contributed by atoms with Crippen molar-refractivity contribution in [2.75, 3.05) is 4.90 Å². The molecule has 1 fully saturated rings. The molecule has 2 atom stereocenters. The molecule has 2 rings (SSSR count). The number of aromatic nitrogens is 1. The van der Waals surface area contributed by atoms with E-state index in [0.29, 0.717) is 12.1 Å². The van der Waals surface area contributed by atoms with Gasteiger partial charge in [0.15, 0.2) is 0 Å². The molecule has 1 aromatic heterocycles. The minimum absolute atomic E-state index is 0.140. The minimum atomic E-state index is 0.140. The van der Waals surface area contributed by atoms with Crippen molar-refractivity contribution in [1.29, 1.82) is 0 Å². The van der Waals surface area contributed by atoms with E-state index in [1.165, 1.54) is 30.5 Å². The third kappa shape index (κ3) is 3.51. The van der Waals surface area contributed by atoms with Crippen LogP contribution in [0.4, 0.5) is 5.69 Å². The van der Waals surface area contributed by atoms with Crippen LogP contribution in [-0.4, -0.2) is 22.6 Å². The van der Waals surface area contributed by atoms with Crippen LogP contribution in [-0.2, 0) is 6.54 Å². The summed E-state index contributed by atoms with van der Waals surface area (Å²) in [4.78, 5) is 6.96. The van der Waals surface area contributed by atoms with E-state index in [4.69, 9.17) is 0 Å². The van der Waals surface area contributed by atoms with Gasteiger partial charge in [0.05, 0.1) is 11.9 Å². The molecule has 0 bridgehead atoms. The Kier molecular flexibility index (Phi) is 4.69. The Labute approximate surface area is 123 Å². The number of nitrogens with zero attached hydrogens (tertiary/aromatic N) is 2. The summed E-state index contributed by atoms with van der Waals surface area (Å²) >= 11 is 0.